The number of anilines is 1. The molecule has 0 aliphatic rings. The average molecular weight is 430 g/mol. The topological polar surface area (TPSA) is 57.8 Å². The van der Waals surface area contributed by atoms with Gasteiger partial charge in [0.15, 0.2) is 0 Å². The van der Waals surface area contributed by atoms with E-state index in [9.17, 15) is 14.4 Å². The van der Waals surface area contributed by atoms with Gasteiger partial charge in [-0.15, -0.1) is 0 Å². The Bertz CT molecular complexity index is 1330. The Hall–Kier alpha value is -3.88. The van der Waals surface area contributed by atoms with Crippen molar-refractivity contribution in [2.75, 3.05) is 5.32 Å². The molecule has 0 saturated heterocycles. The van der Waals surface area contributed by atoms with E-state index in [1.165, 1.54) is 12.1 Å². The van der Waals surface area contributed by atoms with Crippen LogP contribution in [-0.4, -0.2) is 10.5 Å². The summed E-state index contributed by atoms with van der Waals surface area (Å²) in [5.74, 6) is -0.800. The van der Waals surface area contributed by atoms with Crippen LogP contribution in [0.1, 0.15) is 11.1 Å². The number of aromatic nitrogens is 1. The molecule has 1 amide bonds. The lowest BCUT2D eigenvalue weighted by atomic mass is 10.1. The third kappa shape index (κ3) is 4.66. The minimum absolute atomic E-state index is 0.0244. The molecule has 152 valence electrons. The third-order valence-electron chi connectivity index (χ3n) is 4.83. The number of carbonyl (C=O) groups excluding carboxylic acids is 1. The number of fused-ring (bicyclic) bond motifs is 1. The minimum Gasteiger partial charge on any atom is -0.342 e. The number of para-hydroxylation sites is 1. The van der Waals surface area contributed by atoms with Crippen molar-refractivity contribution < 1.29 is 9.18 Å². The lowest BCUT2D eigenvalue weighted by Crippen LogP contribution is -2.13. The van der Waals surface area contributed by atoms with Crippen LogP contribution < -0.4 is 5.32 Å². The molecule has 4 aromatic rings. The normalized spacial score (nSPS) is 11.3. The van der Waals surface area contributed by atoms with E-state index in [1.807, 2.05) is 47.2 Å². The zero-order valence-electron chi connectivity index (χ0n) is 16.3. The van der Waals surface area contributed by atoms with Gasteiger partial charge in [0.2, 0.25) is 0 Å². The van der Waals surface area contributed by atoms with Gasteiger partial charge in [0.1, 0.15) is 17.5 Å². The molecule has 31 heavy (non-hydrogen) atoms. The molecule has 1 aromatic heterocycles. The van der Waals surface area contributed by atoms with Gasteiger partial charge in [0.25, 0.3) is 5.91 Å². The quantitative estimate of drug-likeness (QED) is 0.311. The summed E-state index contributed by atoms with van der Waals surface area (Å²) < 4.78 is 15.6. The van der Waals surface area contributed by atoms with Gasteiger partial charge in [-0.25, -0.2) is 4.39 Å². The fraction of sp³-hybridized carbons (Fsp3) is 0.0400. The van der Waals surface area contributed by atoms with Gasteiger partial charge in [0.05, 0.1) is 0 Å². The average Bonchev–Trinajstić information content (AvgIpc) is 3.11. The molecule has 0 aliphatic heterocycles. The van der Waals surface area contributed by atoms with Crippen molar-refractivity contribution in [3.8, 4) is 6.07 Å². The molecule has 3 aromatic carbocycles. The van der Waals surface area contributed by atoms with Gasteiger partial charge in [0, 0.05) is 39.9 Å². The summed E-state index contributed by atoms with van der Waals surface area (Å²) in [5.41, 5.74) is 2.99. The molecule has 0 aliphatic carbocycles. The highest BCUT2D eigenvalue weighted by Gasteiger charge is 2.13. The van der Waals surface area contributed by atoms with E-state index >= 15 is 0 Å². The first kappa shape index (κ1) is 20.4. The summed E-state index contributed by atoms with van der Waals surface area (Å²) in [7, 11) is 0. The van der Waals surface area contributed by atoms with E-state index in [0.29, 0.717) is 17.3 Å². The van der Waals surface area contributed by atoms with Crippen molar-refractivity contribution in [3.05, 3.63) is 107 Å². The fourth-order valence-corrected chi connectivity index (χ4v) is 3.51. The van der Waals surface area contributed by atoms with Crippen LogP contribution in [0.15, 0.2) is 84.6 Å². The Morgan fingerprint density at radius 3 is 2.61 bits per heavy atom. The Morgan fingerprint density at radius 2 is 1.87 bits per heavy atom. The molecule has 4 rings (SSSR count). The number of nitriles is 1. The Labute approximate surface area is 183 Å². The number of rotatable bonds is 5. The fourth-order valence-electron chi connectivity index (χ4n) is 3.39. The largest absolute Gasteiger partial charge is 0.342 e. The second-order valence-electron chi connectivity index (χ2n) is 6.99. The molecular weight excluding hydrogens is 413 g/mol. The summed E-state index contributed by atoms with van der Waals surface area (Å²) in [6, 6.07) is 22.7. The molecule has 0 saturated carbocycles. The van der Waals surface area contributed by atoms with E-state index < -0.39 is 5.91 Å². The Morgan fingerprint density at radius 1 is 1.10 bits per heavy atom. The van der Waals surface area contributed by atoms with E-state index in [2.05, 4.69) is 5.32 Å². The molecule has 0 unspecified atom stereocenters. The summed E-state index contributed by atoms with van der Waals surface area (Å²) in [4.78, 5) is 12.6. The van der Waals surface area contributed by atoms with Crippen molar-refractivity contribution in [2.45, 2.75) is 6.54 Å². The van der Waals surface area contributed by atoms with Crippen LogP contribution in [-0.2, 0) is 11.3 Å². The third-order valence-corrected chi connectivity index (χ3v) is 5.08. The molecular formula is C25H17ClFN3O. The van der Waals surface area contributed by atoms with Crippen molar-refractivity contribution in [2.24, 2.45) is 0 Å². The smallest absolute Gasteiger partial charge is 0.266 e. The second kappa shape index (κ2) is 8.86. The van der Waals surface area contributed by atoms with Crippen molar-refractivity contribution in [1.29, 1.82) is 5.26 Å². The molecule has 4 nitrogen and oxygen atoms in total. The number of nitrogens with zero attached hydrogens (tertiary/aromatic N) is 2. The zero-order valence-corrected chi connectivity index (χ0v) is 17.1. The van der Waals surface area contributed by atoms with E-state index in [4.69, 9.17) is 11.6 Å². The molecule has 0 spiro atoms. The van der Waals surface area contributed by atoms with Crippen LogP contribution in [0.4, 0.5) is 10.1 Å². The van der Waals surface area contributed by atoms with Gasteiger partial charge in [-0.1, -0.05) is 41.9 Å². The first-order valence-corrected chi connectivity index (χ1v) is 9.92. The molecule has 0 bridgehead atoms. The van der Waals surface area contributed by atoms with Gasteiger partial charge in [-0.05, 0) is 54.1 Å². The Kier molecular flexibility index (Phi) is 5.83. The van der Waals surface area contributed by atoms with Crippen LogP contribution >= 0.6 is 11.6 Å². The predicted molar refractivity (Wildman–Crippen MR) is 121 cm³/mol. The number of benzene rings is 3. The van der Waals surface area contributed by atoms with Crippen molar-refractivity contribution >= 4 is 40.2 Å². The first-order chi connectivity index (χ1) is 15.0. The van der Waals surface area contributed by atoms with Crippen LogP contribution in [0.25, 0.3) is 17.0 Å². The lowest BCUT2D eigenvalue weighted by Gasteiger charge is -2.05. The molecule has 0 fully saturated rings. The molecule has 0 atom stereocenters. The maximum absolute atomic E-state index is 13.6. The highest BCUT2D eigenvalue weighted by atomic mass is 35.5. The summed E-state index contributed by atoms with van der Waals surface area (Å²) >= 11 is 5.87. The molecule has 1 N–H and O–H groups in total. The Balaban J connectivity index is 1.67. The minimum atomic E-state index is -0.508. The standard InChI is InChI=1S/C25H17ClFN3O/c26-20-8-10-22(11-9-20)29-25(31)18(14-28)13-19-16-30(24-7-2-1-6-23(19)24)15-17-4-3-5-21(27)12-17/h1-13,16H,15H2,(H,29,31)/b18-13+. The molecule has 0 radical (unpaired) electrons. The maximum atomic E-state index is 13.6. The first-order valence-electron chi connectivity index (χ1n) is 9.54. The molecule has 6 heteroatoms. The monoisotopic (exact) mass is 429 g/mol. The molecule has 1 heterocycles. The van der Waals surface area contributed by atoms with Gasteiger partial charge >= 0.3 is 0 Å². The number of amides is 1. The van der Waals surface area contributed by atoms with Crippen LogP contribution in [0.5, 0.6) is 0 Å². The van der Waals surface area contributed by atoms with E-state index in [0.717, 1.165) is 22.0 Å². The highest BCUT2D eigenvalue weighted by Crippen LogP contribution is 2.25. The van der Waals surface area contributed by atoms with Crippen LogP contribution in [0.3, 0.4) is 0 Å². The van der Waals surface area contributed by atoms with E-state index in [-0.39, 0.29) is 11.4 Å². The van der Waals surface area contributed by atoms with Crippen LogP contribution in [0, 0.1) is 17.1 Å². The van der Waals surface area contributed by atoms with Crippen LogP contribution in [0.2, 0.25) is 5.02 Å². The van der Waals surface area contributed by atoms with Gasteiger partial charge in [-0.2, -0.15) is 5.26 Å². The summed E-state index contributed by atoms with van der Waals surface area (Å²) in [6.07, 6.45) is 3.43. The number of nitrogens with one attached hydrogen (secondary N) is 1. The number of hydrogen-bond donors (Lipinski definition) is 1. The summed E-state index contributed by atoms with van der Waals surface area (Å²) in [6.45, 7) is 0.463. The zero-order chi connectivity index (χ0) is 21.8. The van der Waals surface area contributed by atoms with E-state index in [1.54, 1.807) is 36.4 Å². The number of carbonyl (C=O) groups is 1. The lowest BCUT2D eigenvalue weighted by molar-refractivity contribution is -0.112. The SMILES string of the molecule is N#C/C(=C\c1cn(Cc2cccc(F)c2)c2ccccc12)C(=O)Nc1ccc(Cl)cc1. The number of hydrogen-bond acceptors (Lipinski definition) is 2. The van der Waals surface area contributed by atoms with Gasteiger partial charge < -0.3 is 9.88 Å². The summed E-state index contributed by atoms with van der Waals surface area (Å²) in [5, 5.41) is 13.7. The van der Waals surface area contributed by atoms with Gasteiger partial charge in [-0.3, -0.25) is 4.79 Å². The number of halogens is 2. The second-order valence-corrected chi connectivity index (χ2v) is 7.43. The maximum Gasteiger partial charge on any atom is 0.266 e. The van der Waals surface area contributed by atoms with Crippen molar-refractivity contribution in [1.82, 2.24) is 4.57 Å². The van der Waals surface area contributed by atoms with Crippen molar-refractivity contribution in [3.63, 3.8) is 0 Å². The highest BCUT2D eigenvalue weighted by molar-refractivity contribution is 6.30. The predicted octanol–water partition coefficient (Wildman–Crippen LogP) is 6.03.